The molecule has 0 saturated heterocycles. The van der Waals surface area contributed by atoms with Crippen molar-refractivity contribution < 1.29 is 9.90 Å². The lowest BCUT2D eigenvalue weighted by Gasteiger charge is -2.26. The van der Waals surface area contributed by atoms with Crippen LogP contribution in [-0.2, 0) is 0 Å². The molecule has 90 valence electrons. The first-order valence-corrected chi connectivity index (χ1v) is 6.04. The second-order valence-electron chi connectivity index (χ2n) is 4.92. The standard InChI is InChI=1S/C15H18O2/c1-10(2)7-8-11-9-14(16)12-5-3-4-6-13(12)15(11)17/h3-7,11,14,16H,8-9H2,1-2H3/t11-,14+/m1/s1. The van der Waals surface area contributed by atoms with Gasteiger partial charge in [-0.2, -0.15) is 0 Å². The van der Waals surface area contributed by atoms with Crippen molar-refractivity contribution in [2.75, 3.05) is 0 Å². The Morgan fingerprint density at radius 1 is 1.41 bits per heavy atom. The van der Waals surface area contributed by atoms with Gasteiger partial charge in [-0.25, -0.2) is 0 Å². The second-order valence-corrected chi connectivity index (χ2v) is 4.92. The Kier molecular flexibility index (Phi) is 3.43. The van der Waals surface area contributed by atoms with Crippen LogP contribution in [0.1, 0.15) is 48.7 Å². The van der Waals surface area contributed by atoms with Crippen LogP contribution in [0.3, 0.4) is 0 Å². The van der Waals surface area contributed by atoms with Crippen LogP contribution >= 0.6 is 0 Å². The molecule has 0 amide bonds. The Hall–Kier alpha value is -1.41. The molecule has 2 heteroatoms. The molecule has 2 rings (SSSR count). The van der Waals surface area contributed by atoms with Crippen LogP contribution in [0, 0.1) is 5.92 Å². The van der Waals surface area contributed by atoms with Crippen LogP contribution in [0.4, 0.5) is 0 Å². The molecule has 0 saturated carbocycles. The highest BCUT2D eigenvalue weighted by Crippen LogP contribution is 2.34. The number of aliphatic hydroxyl groups is 1. The number of carbonyl (C=O) groups excluding carboxylic acids is 1. The average molecular weight is 230 g/mol. The zero-order valence-corrected chi connectivity index (χ0v) is 10.3. The van der Waals surface area contributed by atoms with Crippen molar-refractivity contribution in [2.24, 2.45) is 5.92 Å². The SMILES string of the molecule is CC(C)=CC[C@@H]1C[C@H](O)c2ccccc2C1=O. The van der Waals surface area contributed by atoms with E-state index in [1.165, 1.54) is 5.57 Å². The minimum Gasteiger partial charge on any atom is -0.388 e. The molecule has 1 aromatic rings. The molecular weight excluding hydrogens is 212 g/mol. The lowest BCUT2D eigenvalue weighted by Crippen LogP contribution is -2.25. The Labute approximate surface area is 102 Å². The van der Waals surface area contributed by atoms with Gasteiger partial charge in [0.15, 0.2) is 5.78 Å². The van der Waals surface area contributed by atoms with Gasteiger partial charge in [-0.1, -0.05) is 35.9 Å². The number of benzene rings is 1. The number of hydrogen-bond acceptors (Lipinski definition) is 2. The third-order valence-electron chi connectivity index (χ3n) is 3.27. The summed E-state index contributed by atoms with van der Waals surface area (Å²) in [6.45, 7) is 4.05. The maximum atomic E-state index is 12.2. The predicted octanol–water partition coefficient (Wildman–Crippen LogP) is 3.28. The molecule has 0 fully saturated rings. The lowest BCUT2D eigenvalue weighted by atomic mass is 9.79. The Balaban J connectivity index is 2.27. The topological polar surface area (TPSA) is 37.3 Å². The van der Waals surface area contributed by atoms with Crippen LogP contribution in [0.25, 0.3) is 0 Å². The fourth-order valence-electron chi connectivity index (χ4n) is 2.32. The molecule has 1 aliphatic rings. The summed E-state index contributed by atoms with van der Waals surface area (Å²) < 4.78 is 0. The number of carbonyl (C=O) groups is 1. The Morgan fingerprint density at radius 3 is 2.82 bits per heavy atom. The summed E-state index contributed by atoms with van der Waals surface area (Å²) >= 11 is 0. The molecule has 0 radical (unpaired) electrons. The van der Waals surface area contributed by atoms with Crippen molar-refractivity contribution in [2.45, 2.75) is 32.8 Å². The lowest BCUT2D eigenvalue weighted by molar-refractivity contribution is 0.0777. The molecule has 0 heterocycles. The minimum absolute atomic E-state index is 0.0743. The average Bonchev–Trinajstić information content (AvgIpc) is 2.32. The predicted molar refractivity (Wildman–Crippen MR) is 67.9 cm³/mol. The van der Waals surface area contributed by atoms with Gasteiger partial charge in [0.05, 0.1) is 6.10 Å². The molecular formula is C15H18O2. The van der Waals surface area contributed by atoms with E-state index in [1.807, 2.05) is 38.1 Å². The smallest absolute Gasteiger partial charge is 0.166 e. The quantitative estimate of drug-likeness (QED) is 0.792. The van der Waals surface area contributed by atoms with Gasteiger partial charge < -0.3 is 5.11 Å². The molecule has 0 aromatic heterocycles. The van der Waals surface area contributed by atoms with Gasteiger partial charge in [0.1, 0.15) is 0 Å². The number of hydrogen-bond donors (Lipinski definition) is 1. The van der Waals surface area contributed by atoms with Gasteiger partial charge in [-0.3, -0.25) is 4.79 Å². The molecule has 17 heavy (non-hydrogen) atoms. The number of Topliss-reactive ketones (excluding diaryl/α,β-unsaturated/α-hetero) is 1. The first-order chi connectivity index (χ1) is 8.09. The van der Waals surface area contributed by atoms with Crippen LogP contribution in [0.15, 0.2) is 35.9 Å². The summed E-state index contributed by atoms with van der Waals surface area (Å²) in [5.74, 6) is 0.0956. The van der Waals surface area contributed by atoms with Crippen molar-refractivity contribution in [3.63, 3.8) is 0 Å². The van der Waals surface area contributed by atoms with E-state index in [1.54, 1.807) is 0 Å². The summed E-state index contributed by atoms with van der Waals surface area (Å²) in [5.41, 5.74) is 2.69. The van der Waals surface area contributed by atoms with Crippen molar-refractivity contribution >= 4 is 5.78 Å². The van der Waals surface area contributed by atoms with Gasteiger partial charge >= 0.3 is 0 Å². The van der Waals surface area contributed by atoms with Crippen LogP contribution in [0.2, 0.25) is 0 Å². The van der Waals surface area contributed by atoms with Crippen molar-refractivity contribution in [1.29, 1.82) is 0 Å². The number of aliphatic hydroxyl groups excluding tert-OH is 1. The number of allylic oxidation sites excluding steroid dienone is 2. The van der Waals surface area contributed by atoms with E-state index >= 15 is 0 Å². The largest absolute Gasteiger partial charge is 0.388 e. The summed E-state index contributed by atoms with van der Waals surface area (Å²) in [5, 5.41) is 10.0. The molecule has 0 bridgehead atoms. The van der Waals surface area contributed by atoms with Gasteiger partial charge in [-0.05, 0) is 32.3 Å². The Bertz CT molecular complexity index is 456. The van der Waals surface area contributed by atoms with Crippen molar-refractivity contribution in [3.05, 3.63) is 47.0 Å². The third kappa shape index (κ3) is 2.47. The van der Waals surface area contributed by atoms with Gasteiger partial charge in [-0.15, -0.1) is 0 Å². The molecule has 0 spiro atoms. The van der Waals surface area contributed by atoms with E-state index in [-0.39, 0.29) is 11.7 Å². The van der Waals surface area contributed by atoms with Crippen LogP contribution in [0.5, 0.6) is 0 Å². The monoisotopic (exact) mass is 230 g/mol. The summed E-state index contributed by atoms with van der Waals surface area (Å²) in [6.07, 6.45) is 2.84. The highest BCUT2D eigenvalue weighted by atomic mass is 16.3. The summed E-state index contributed by atoms with van der Waals surface area (Å²) in [7, 11) is 0. The molecule has 0 unspecified atom stereocenters. The first-order valence-electron chi connectivity index (χ1n) is 6.04. The molecule has 1 aliphatic carbocycles. The zero-order valence-electron chi connectivity index (χ0n) is 10.3. The highest BCUT2D eigenvalue weighted by Gasteiger charge is 2.31. The van der Waals surface area contributed by atoms with Crippen molar-refractivity contribution in [1.82, 2.24) is 0 Å². The number of fused-ring (bicyclic) bond motifs is 1. The van der Waals surface area contributed by atoms with E-state index in [4.69, 9.17) is 0 Å². The minimum atomic E-state index is -0.500. The normalized spacial score (nSPS) is 23.1. The maximum absolute atomic E-state index is 12.2. The summed E-state index contributed by atoms with van der Waals surface area (Å²) in [4.78, 5) is 12.2. The van der Waals surface area contributed by atoms with E-state index in [0.717, 1.165) is 12.0 Å². The number of rotatable bonds is 2. The fraction of sp³-hybridized carbons (Fsp3) is 0.400. The third-order valence-corrected chi connectivity index (χ3v) is 3.27. The second kappa shape index (κ2) is 4.84. The van der Waals surface area contributed by atoms with Crippen molar-refractivity contribution in [3.8, 4) is 0 Å². The molecule has 0 aliphatic heterocycles. The van der Waals surface area contributed by atoms with E-state index in [9.17, 15) is 9.90 Å². The molecule has 1 aromatic carbocycles. The molecule has 2 atom stereocenters. The van der Waals surface area contributed by atoms with Crippen LogP contribution in [-0.4, -0.2) is 10.9 Å². The first kappa shape index (κ1) is 12.1. The van der Waals surface area contributed by atoms with E-state index in [2.05, 4.69) is 6.08 Å². The van der Waals surface area contributed by atoms with E-state index in [0.29, 0.717) is 12.0 Å². The van der Waals surface area contributed by atoms with Gasteiger partial charge in [0.2, 0.25) is 0 Å². The highest BCUT2D eigenvalue weighted by molar-refractivity contribution is 6.00. The van der Waals surface area contributed by atoms with Crippen LogP contribution < -0.4 is 0 Å². The fourth-order valence-corrected chi connectivity index (χ4v) is 2.32. The Morgan fingerprint density at radius 2 is 2.12 bits per heavy atom. The number of ketones is 1. The van der Waals surface area contributed by atoms with Gasteiger partial charge in [0, 0.05) is 11.5 Å². The zero-order chi connectivity index (χ0) is 12.4. The maximum Gasteiger partial charge on any atom is 0.166 e. The molecule has 1 N–H and O–H groups in total. The van der Waals surface area contributed by atoms with Gasteiger partial charge in [0.25, 0.3) is 0 Å². The van der Waals surface area contributed by atoms with E-state index < -0.39 is 6.10 Å². The summed E-state index contributed by atoms with van der Waals surface area (Å²) in [6, 6.07) is 7.38. The molecule has 2 nitrogen and oxygen atoms in total.